The molecule has 2 amide bonds. The first-order chi connectivity index (χ1) is 12.0. The number of hydrogen-bond acceptors (Lipinski definition) is 2. The van der Waals surface area contributed by atoms with E-state index in [1.165, 1.54) is 11.1 Å². The van der Waals surface area contributed by atoms with E-state index >= 15 is 0 Å². The summed E-state index contributed by atoms with van der Waals surface area (Å²) in [5.41, 5.74) is 3.64. The van der Waals surface area contributed by atoms with Gasteiger partial charge in [0.2, 0.25) is 0 Å². The molecule has 0 saturated carbocycles. The fraction of sp³-hybridized carbons (Fsp3) is 0.350. The Bertz CT molecular complexity index is 688. The van der Waals surface area contributed by atoms with Crippen molar-refractivity contribution in [1.82, 2.24) is 15.5 Å². The molecule has 4 nitrogen and oxygen atoms in total. The van der Waals surface area contributed by atoms with Gasteiger partial charge in [0.05, 0.1) is 0 Å². The number of nitrogens with one attached hydrogen (secondary N) is 2. The zero-order valence-corrected chi connectivity index (χ0v) is 16.5. The maximum absolute atomic E-state index is 11.9. The van der Waals surface area contributed by atoms with Crippen LogP contribution in [0.4, 0.5) is 4.79 Å². The molecule has 25 heavy (non-hydrogen) atoms. The minimum absolute atomic E-state index is 0.118. The standard InChI is InChI=1S/C20H26BrN3O/c1-24(2)15-18-8-3-7-17(12-18)14-23-20(25)22-11-5-9-16-6-4-10-19(21)13-16/h3-4,6-8,10,12-13H,5,9,11,14-15H2,1-2H3,(H2,22,23,25). The maximum atomic E-state index is 11.9. The molecule has 2 rings (SSSR count). The van der Waals surface area contributed by atoms with Crippen LogP contribution in [0.5, 0.6) is 0 Å². The van der Waals surface area contributed by atoms with Gasteiger partial charge in [-0.3, -0.25) is 0 Å². The molecule has 0 bridgehead atoms. The average Bonchev–Trinajstić information content (AvgIpc) is 2.57. The maximum Gasteiger partial charge on any atom is 0.315 e. The zero-order valence-electron chi connectivity index (χ0n) is 14.9. The lowest BCUT2D eigenvalue weighted by Crippen LogP contribution is -2.35. The first-order valence-corrected chi connectivity index (χ1v) is 9.31. The predicted molar refractivity (Wildman–Crippen MR) is 107 cm³/mol. The highest BCUT2D eigenvalue weighted by atomic mass is 79.9. The average molecular weight is 404 g/mol. The van der Waals surface area contributed by atoms with Gasteiger partial charge in [-0.2, -0.15) is 0 Å². The second-order valence-electron chi connectivity index (χ2n) is 6.40. The van der Waals surface area contributed by atoms with Crippen LogP contribution < -0.4 is 10.6 Å². The smallest absolute Gasteiger partial charge is 0.315 e. The lowest BCUT2D eigenvalue weighted by Gasteiger charge is -2.12. The molecule has 0 saturated heterocycles. The third kappa shape index (κ3) is 7.71. The van der Waals surface area contributed by atoms with E-state index in [1.54, 1.807) is 0 Å². The molecule has 2 aromatic rings. The van der Waals surface area contributed by atoms with Crippen molar-refractivity contribution in [3.05, 3.63) is 69.7 Å². The fourth-order valence-electron chi connectivity index (χ4n) is 2.63. The zero-order chi connectivity index (χ0) is 18.1. The number of hydrogen-bond donors (Lipinski definition) is 2. The number of carbonyl (C=O) groups excluding carboxylic acids is 1. The summed E-state index contributed by atoms with van der Waals surface area (Å²) in [5.74, 6) is 0. The van der Waals surface area contributed by atoms with E-state index in [2.05, 4.69) is 55.7 Å². The quantitative estimate of drug-likeness (QED) is 0.655. The van der Waals surface area contributed by atoms with Gasteiger partial charge in [-0.1, -0.05) is 52.3 Å². The topological polar surface area (TPSA) is 44.4 Å². The largest absolute Gasteiger partial charge is 0.338 e. The molecule has 0 radical (unpaired) electrons. The van der Waals surface area contributed by atoms with Crippen molar-refractivity contribution in [1.29, 1.82) is 0 Å². The summed E-state index contributed by atoms with van der Waals surface area (Å²) in [7, 11) is 4.10. The first kappa shape index (κ1) is 19.5. The molecule has 0 spiro atoms. The van der Waals surface area contributed by atoms with Gasteiger partial charge >= 0.3 is 6.03 Å². The summed E-state index contributed by atoms with van der Waals surface area (Å²) in [6, 6.07) is 16.4. The Labute approximate surface area is 158 Å². The van der Waals surface area contributed by atoms with Gasteiger partial charge in [-0.05, 0) is 55.8 Å². The van der Waals surface area contributed by atoms with Crippen LogP contribution in [0.3, 0.4) is 0 Å². The van der Waals surface area contributed by atoms with E-state index in [9.17, 15) is 4.79 Å². The molecule has 0 aliphatic heterocycles. The van der Waals surface area contributed by atoms with E-state index in [4.69, 9.17) is 0 Å². The third-order valence-corrected chi connectivity index (χ3v) is 4.25. The molecule has 0 heterocycles. The number of urea groups is 1. The Morgan fingerprint density at radius 3 is 2.48 bits per heavy atom. The predicted octanol–water partition coefficient (Wildman–Crippen LogP) is 3.94. The number of carbonyl (C=O) groups is 1. The van der Waals surface area contributed by atoms with Crippen molar-refractivity contribution < 1.29 is 4.79 Å². The van der Waals surface area contributed by atoms with Crippen molar-refractivity contribution in [3.8, 4) is 0 Å². The second-order valence-corrected chi connectivity index (χ2v) is 7.32. The van der Waals surface area contributed by atoms with E-state index in [-0.39, 0.29) is 6.03 Å². The number of benzene rings is 2. The van der Waals surface area contributed by atoms with Gasteiger partial charge in [-0.25, -0.2) is 4.79 Å². The Morgan fingerprint density at radius 1 is 1.00 bits per heavy atom. The second kappa shape index (κ2) is 10.2. The Kier molecular flexibility index (Phi) is 7.95. The van der Waals surface area contributed by atoms with E-state index < -0.39 is 0 Å². The molecule has 0 fully saturated rings. The highest BCUT2D eigenvalue weighted by Crippen LogP contribution is 2.12. The van der Waals surface area contributed by atoms with Crippen LogP contribution in [0.15, 0.2) is 53.0 Å². The van der Waals surface area contributed by atoms with E-state index in [1.807, 2.05) is 38.4 Å². The van der Waals surface area contributed by atoms with Gasteiger partial charge in [0.1, 0.15) is 0 Å². The number of rotatable bonds is 8. The SMILES string of the molecule is CN(C)Cc1cccc(CNC(=O)NCCCc2cccc(Br)c2)c1. The highest BCUT2D eigenvalue weighted by Gasteiger charge is 2.02. The van der Waals surface area contributed by atoms with Crippen LogP contribution in [0.2, 0.25) is 0 Å². The van der Waals surface area contributed by atoms with Gasteiger partial charge in [0, 0.05) is 24.1 Å². The molecule has 0 atom stereocenters. The minimum Gasteiger partial charge on any atom is -0.338 e. The summed E-state index contributed by atoms with van der Waals surface area (Å²) in [6.45, 7) is 2.10. The molecule has 0 aliphatic carbocycles. The van der Waals surface area contributed by atoms with Crippen molar-refractivity contribution in [2.24, 2.45) is 0 Å². The molecular weight excluding hydrogens is 378 g/mol. The molecule has 0 aliphatic rings. The van der Waals surface area contributed by atoms with Gasteiger partial charge < -0.3 is 15.5 Å². The van der Waals surface area contributed by atoms with Gasteiger partial charge in [-0.15, -0.1) is 0 Å². The number of nitrogens with zero attached hydrogens (tertiary/aromatic N) is 1. The molecular formula is C20H26BrN3O. The molecule has 2 aromatic carbocycles. The Morgan fingerprint density at radius 2 is 1.72 bits per heavy atom. The van der Waals surface area contributed by atoms with Crippen LogP contribution >= 0.6 is 15.9 Å². The summed E-state index contributed by atoms with van der Waals surface area (Å²) in [6.07, 6.45) is 1.87. The van der Waals surface area contributed by atoms with E-state index in [0.717, 1.165) is 29.4 Å². The summed E-state index contributed by atoms with van der Waals surface area (Å²) < 4.78 is 1.09. The van der Waals surface area contributed by atoms with Crippen molar-refractivity contribution in [2.45, 2.75) is 25.9 Å². The number of halogens is 1. The van der Waals surface area contributed by atoms with Crippen LogP contribution in [0, 0.1) is 0 Å². The third-order valence-electron chi connectivity index (χ3n) is 3.76. The van der Waals surface area contributed by atoms with Crippen LogP contribution in [-0.4, -0.2) is 31.6 Å². The van der Waals surface area contributed by atoms with Gasteiger partial charge in [0.25, 0.3) is 0 Å². The van der Waals surface area contributed by atoms with Crippen molar-refractivity contribution in [3.63, 3.8) is 0 Å². The molecule has 0 unspecified atom stereocenters. The highest BCUT2D eigenvalue weighted by molar-refractivity contribution is 9.10. The lowest BCUT2D eigenvalue weighted by atomic mass is 10.1. The lowest BCUT2D eigenvalue weighted by molar-refractivity contribution is 0.240. The van der Waals surface area contributed by atoms with E-state index in [0.29, 0.717) is 13.1 Å². The van der Waals surface area contributed by atoms with Crippen LogP contribution in [-0.2, 0) is 19.5 Å². The Balaban J connectivity index is 1.67. The molecule has 134 valence electrons. The fourth-order valence-corrected chi connectivity index (χ4v) is 3.08. The van der Waals surface area contributed by atoms with Crippen LogP contribution in [0.25, 0.3) is 0 Å². The minimum atomic E-state index is -0.118. The number of aryl methyl sites for hydroxylation is 1. The van der Waals surface area contributed by atoms with Crippen LogP contribution in [0.1, 0.15) is 23.1 Å². The first-order valence-electron chi connectivity index (χ1n) is 8.51. The molecule has 5 heteroatoms. The summed E-state index contributed by atoms with van der Waals surface area (Å²) >= 11 is 3.47. The Hall–Kier alpha value is -1.85. The normalized spacial score (nSPS) is 10.7. The monoisotopic (exact) mass is 403 g/mol. The summed E-state index contributed by atoms with van der Waals surface area (Å²) in [5, 5.41) is 5.83. The molecule has 2 N–H and O–H groups in total. The van der Waals surface area contributed by atoms with Crippen molar-refractivity contribution in [2.75, 3.05) is 20.6 Å². The number of amides is 2. The van der Waals surface area contributed by atoms with Crippen molar-refractivity contribution >= 4 is 22.0 Å². The van der Waals surface area contributed by atoms with Gasteiger partial charge in [0.15, 0.2) is 0 Å². The summed E-state index contributed by atoms with van der Waals surface area (Å²) in [4.78, 5) is 14.0. The molecule has 0 aromatic heterocycles.